The molecule has 0 aliphatic carbocycles. The first-order chi connectivity index (χ1) is 23.5. The topological polar surface area (TPSA) is 91.3 Å². The number of benzene rings is 4. The average molecular weight is 683 g/mol. The van der Waals surface area contributed by atoms with Gasteiger partial charge >= 0.3 is 0 Å². The first kappa shape index (κ1) is 34.7. The number of rotatable bonds is 9. The number of hydrogen-bond donors (Lipinski definition) is 3. The van der Waals surface area contributed by atoms with E-state index in [1.54, 1.807) is 18.2 Å². The molecule has 0 unspecified atom stereocenters. The van der Waals surface area contributed by atoms with E-state index >= 15 is 0 Å². The lowest BCUT2D eigenvalue weighted by Gasteiger charge is -2.42. The molecule has 258 valence electrons. The van der Waals surface area contributed by atoms with Gasteiger partial charge in [-0.3, -0.25) is 9.69 Å². The van der Waals surface area contributed by atoms with Crippen molar-refractivity contribution in [2.75, 3.05) is 19.6 Å². The summed E-state index contributed by atoms with van der Waals surface area (Å²) in [5, 5.41) is 21.8. The van der Waals surface area contributed by atoms with Crippen molar-refractivity contribution < 1.29 is 46.4 Å². The number of aliphatic hydroxyl groups is 2. The predicted octanol–water partition coefficient (Wildman–Crippen LogP) is 6.33. The Morgan fingerprint density at radius 3 is 2.12 bits per heavy atom. The average Bonchev–Trinajstić information content (AvgIpc) is 3.54. The molecule has 5 atom stereocenters. The molecule has 2 aliphatic rings. The van der Waals surface area contributed by atoms with Crippen molar-refractivity contribution in [2.45, 2.75) is 51.1 Å². The van der Waals surface area contributed by atoms with E-state index in [1.165, 1.54) is 0 Å². The minimum absolute atomic E-state index is 0.00874. The van der Waals surface area contributed by atoms with Gasteiger partial charge in [-0.05, 0) is 40.3 Å². The second-order valence-corrected chi connectivity index (χ2v) is 12.5. The Labute approximate surface area is 279 Å². The van der Waals surface area contributed by atoms with Gasteiger partial charge in [0.1, 0.15) is 5.56 Å². The van der Waals surface area contributed by atoms with Crippen molar-refractivity contribution in [2.24, 2.45) is 5.92 Å². The fourth-order valence-corrected chi connectivity index (χ4v) is 6.33. The summed E-state index contributed by atoms with van der Waals surface area (Å²) in [6, 6.07) is 22.1. The fourth-order valence-electron chi connectivity index (χ4n) is 6.33. The number of carbonyl (C=O) groups excluding carboxylic acids is 1. The van der Waals surface area contributed by atoms with Gasteiger partial charge in [-0.2, -0.15) is 0 Å². The van der Waals surface area contributed by atoms with E-state index in [0.29, 0.717) is 25.1 Å². The Balaban J connectivity index is 1.18. The largest absolute Gasteiger partial charge is 0.392 e. The molecule has 3 N–H and O–H groups in total. The van der Waals surface area contributed by atoms with Crippen LogP contribution in [0.4, 0.5) is 22.0 Å². The first-order valence-corrected chi connectivity index (χ1v) is 15.9. The number of β-amino-alcohol motifs (C(OH)–C–C–N with tert-alkyl or cyclic N) is 1. The molecule has 0 spiro atoms. The summed E-state index contributed by atoms with van der Waals surface area (Å²) in [5.41, 5.74) is 3.08. The summed E-state index contributed by atoms with van der Waals surface area (Å²) >= 11 is 0. The number of hydrogen-bond acceptors (Lipinski definition) is 6. The van der Waals surface area contributed by atoms with E-state index < -0.39 is 46.8 Å². The van der Waals surface area contributed by atoms with Crippen molar-refractivity contribution in [1.82, 2.24) is 10.2 Å². The molecular weight excluding hydrogens is 647 g/mol. The van der Waals surface area contributed by atoms with Crippen molar-refractivity contribution >= 4 is 5.91 Å². The van der Waals surface area contributed by atoms with Crippen molar-refractivity contribution in [3.63, 3.8) is 0 Å². The van der Waals surface area contributed by atoms with Crippen LogP contribution >= 0.6 is 0 Å². The molecule has 0 radical (unpaired) electrons. The zero-order chi connectivity index (χ0) is 34.8. The highest BCUT2D eigenvalue weighted by Crippen LogP contribution is 2.42. The van der Waals surface area contributed by atoms with Gasteiger partial charge in [0.2, 0.25) is 5.82 Å². The minimum atomic E-state index is -2.34. The molecule has 7 nitrogen and oxygen atoms in total. The first-order valence-electron chi connectivity index (χ1n) is 15.9. The Morgan fingerprint density at radius 2 is 1.49 bits per heavy atom. The number of ether oxygens (including phenoxy) is 2. The van der Waals surface area contributed by atoms with E-state index in [0.717, 1.165) is 34.4 Å². The zero-order valence-electron chi connectivity index (χ0n) is 26.5. The summed E-state index contributed by atoms with van der Waals surface area (Å²) in [6.07, 6.45) is -0.810. The quantitative estimate of drug-likeness (QED) is 0.109. The Bertz CT molecular complexity index is 1780. The van der Waals surface area contributed by atoms with Crippen molar-refractivity contribution in [3.8, 4) is 11.1 Å². The van der Waals surface area contributed by atoms with Crippen LogP contribution in [0.2, 0.25) is 0 Å². The Hall–Kier alpha value is -4.20. The highest BCUT2D eigenvalue weighted by atomic mass is 19.2. The molecular formula is C37H35F5N2O5. The van der Waals surface area contributed by atoms with Crippen LogP contribution in [0.5, 0.6) is 0 Å². The third-order valence-corrected chi connectivity index (χ3v) is 9.14. The van der Waals surface area contributed by atoms with E-state index in [-0.39, 0.29) is 37.4 Å². The van der Waals surface area contributed by atoms with E-state index in [4.69, 9.17) is 9.47 Å². The fraction of sp³-hybridized carbons (Fsp3) is 0.324. The zero-order valence-corrected chi connectivity index (χ0v) is 26.5. The van der Waals surface area contributed by atoms with Gasteiger partial charge in [0.15, 0.2) is 29.6 Å². The van der Waals surface area contributed by atoms with E-state index in [2.05, 4.69) is 17.1 Å². The van der Waals surface area contributed by atoms with Gasteiger partial charge in [0.05, 0.1) is 24.9 Å². The minimum Gasteiger partial charge on any atom is -0.392 e. The van der Waals surface area contributed by atoms with Crippen LogP contribution in [0, 0.1) is 35.0 Å². The van der Waals surface area contributed by atoms with Crippen LogP contribution in [0.3, 0.4) is 0 Å². The van der Waals surface area contributed by atoms with Crippen LogP contribution in [-0.2, 0) is 22.6 Å². The maximum atomic E-state index is 14.1. The lowest BCUT2D eigenvalue weighted by molar-refractivity contribution is -0.276. The summed E-state index contributed by atoms with van der Waals surface area (Å²) in [7, 11) is 0. The third-order valence-electron chi connectivity index (χ3n) is 9.14. The van der Waals surface area contributed by atoms with Gasteiger partial charge in [-0.1, -0.05) is 73.7 Å². The van der Waals surface area contributed by atoms with Crippen molar-refractivity contribution in [1.29, 1.82) is 0 Å². The monoisotopic (exact) mass is 682 g/mol. The SMILES string of the molecule is C[C@@H]1[C@H](CN2CC[C@H](O)C2)O[C@H](c2ccc(-c3cccc(CNC(=O)c4c(F)c(F)c(F)c(F)c4F)c3)cc2)O[C@@H]1c1ccc(CO)cc1. The van der Waals surface area contributed by atoms with Gasteiger partial charge in [-0.25, -0.2) is 22.0 Å². The number of carbonyl (C=O) groups is 1. The van der Waals surface area contributed by atoms with Gasteiger partial charge in [0, 0.05) is 37.7 Å². The highest BCUT2D eigenvalue weighted by Gasteiger charge is 2.40. The van der Waals surface area contributed by atoms with Crippen LogP contribution < -0.4 is 5.32 Å². The molecule has 6 rings (SSSR count). The summed E-state index contributed by atoms with van der Waals surface area (Å²) in [4.78, 5) is 14.6. The number of aliphatic hydroxyl groups excluding tert-OH is 2. The Morgan fingerprint density at radius 1 is 0.837 bits per heavy atom. The van der Waals surface area contributed by atoms with E-state index in [1.807, 2.05) is 54.6 Å². The lowest BCUT2D eigenvalue weighted by atomic mass is 9.90. The number of amides is 1. The van der Waals surface area contributed by atoms with Gasteiger partial charge in [-0.15, -0.1) is 0 Å². The van der Waals surface area contributed by atoms with Crippen LogP contribution in [0.25, 0.3) is 11.1 Å². The summed E-state index contributed by atoms with van der Waals surface area (Å²) in [5.74, 6) is -12.6. The van der Waals surface area contributed by atoms with Gasteiger partial charge in [0.25, 0.3) is 5.91 Å². The normalized spacial score (nSPS) is 22.7. The molecule has 49 heavy (non-hydrogen) atoms. The molecule has 2 saturated heterocycles. The van der Waals surface area contributed by atoms with E-state index in [9.17, 15) is 37.0 Å². The van der Waals surface area contributed by atoms with Gasteiger partial charge < -0.3 is 25.0 Å². The summed E-state index contributed by atoms with van der Waals surface area (Å²) in [6.45, 7) is 3.79. The molecule has 12 heteroatoms. The predicted molar refractivity (Wildman–Crippen MR) is 169 cm³/mol. The third kappa shape index (κ3) is 7.38. The second kappa shape index (κ2) is 14.7. The number of nitrogens with one attached hydrogen (secondary N) is 1. The molecule has 0 saturated carbocycles. The molecule has 4 aromatic rings. The number of halogens is 5. The Kier molecular flexibility index (Phi) is 10.4. The smallest absolute Gasteiger partial charge is 0.257 e. The van der Waals surface area contributed by atoms with Crippen LogP contribution in [-0.4, -0.2) is 52.9 Å². The standard InChI is InChI=1S/C37H35F5N2O5/c1-20-28(18-44-14-13-27(46)17-44)48-37(49-35(20)24-7-5-21(19-45)6-8-24)25-11-9-23(10-12-25)26-4-2-3-22(15-26)16-43-36(47)29-30(38)32(40)34(42)33(41)31(29)39/h2-12,15,20,27-28,35,37,45-46H,13-14,16-19H2,1H3,(H,43,47)/t20-,27+,28+,35+,37+/m1/s1. The maximum absolute atomic E-state index is 14.1. The summed E-state index contributed by atoms with van der Waals surface area (Å²) < 4.78 is 81.8. The second-order valence-electron chi connectivity index (χ2n) is 12.5. The molecule has 2 fully saturated rings. The van der Waals surface area contributed by atoms with Crippen LogP contribution in [0.1, 0.15) is 58.4 Å². The van der Waals surface area contributed by atoms with Crippen LogP contribution in [0.15, 0.2) is 72.8 Å². The lowest BCUT2D eigenvalue weighted by Crippen LogP contribution is -2.44. The number of nitrogens with zero attached hydrogens (tertiary/aromatic N) is 1. The number of likely N-dealkylation sites (tertiary alicyclic amines) is 1. The molecule has 0 bridgehead atoms. The molecule has 4 aromatic carbocycles. The molecule has 1 amide bonds. The molecule has 2 heterocycles. The maximum Gasteiger partial charge on any atom is 0.257 e. The van der Waals surface area contributed by atoms with Crippen molar-refractivity contribution in [3.05, 3.63) is 130 Å². The highest BCUT2D eigenvalue weighted by molar-refractivity contribution is 5.94. The molecule has 2 aliphatic heterocycles. The molecule has 0 aromatic heterocycles.